The van der Waals surface area contributed by atoms with E-state index in [2.05, 4.69) is 9.71 Å². The zero-order valence-corrected chi connectivity index (χ0v) is 12.4. The standard InChI is InChI=1S/C13H12ClFN2O2S/c1-8-3-4-10(15)12(7-8)20(18,19)17-11-5-6-13(14)16-9(11)2/h3-7,17H,1-2H3. The molecular formula is C13H12ClFN2O2S. The highest BCUT2D eigenvalue weighted by Gasteiger charge is 2.20. The van der Waals surface area contributed by atoms with Crippen LogP contribution in [-0.2, 0) is 10.0 Å². The Balaban J connectivity index is 2.43. The van der Waals surface area contributed by atoms with Gasteiger partial charge < -0.3 is 0 Å². The molecule has 0 saturated heterocycles. The van der Waals surface area contributed by atoms with Gasteiger partial charge in [-0.2, -0.15) is 0 Å². The second-order valence-electron chi connectivity index (χ2n) is 4.31. The molecule has 1 N–H and O–H groups in total. The molecule has 2 rings (SSSR count). The number of hydrogen-bond acceptors (Lipinski definition) is 3. The van der Waals surface area contributed by atoms with Crippen LogP contribution in [0.1, 0.15) is 11.3 Å². The largest absolute Gasteiger partial charge is 0.278 e. The van der Waals surface area contributed by atoms with Gasteiger partial charge in [-0.1, -0.05) is 17.7 Å². The molecule has 0 atom stereocenters. The molecule has 0 aliphatic rings. The molecule has 0 saturated carbocycles. The first-order chi connectivity index (χ1) is 9.29. The van der Waals surface area contributed by atoms with Crippen LogP contribution in [0.4, 0.5) is 10.1 Å². The summed E-state index contributed by atoms with van der Waals surface area (Å²) in [4.78, 5) is 3.54. The van der Waals surface area contributed by atoms with Crippen molar-refractivity contribution < 1.29 is 12.8 Å². The van der Waals surface area contributed by atoms with Gasteiger partial charge in [0.25, 0.3) is 10.0 Å². The lowest BCUT2D eigenvalue weighted by Crippen LogP contribution is -2.15. The lowest BCUT2D eigenvalue weighted by molar-refractivity contribution is 0.570. The number of benzene rings is 1. The number of hydrogen-bond donors (Lipinski definition) is 1. The summed E-state index contributed by atoms with van der Waals surface area (Å²) in [6, 6.07) is 6.84. The molecule has 7 heteroatoms. The van der Waals surface area contributed by atoms with Crippen molar-refractivity contribution in [2.45, 2.75) is 18.7 Å². The topological polar surface area (TPSA) is 59.1 Å². The second kappa shape index (κ2) is 5.38. The summed E-state index contributed by atoms with van der Waals surface area (Å²) in [6.07, 6.45) is 0. The maximum atomic E-state index is 13.7. The molecule has 106 valence electrons. The molecule has 0 aliphatic heterocycles. The molecule has 1 heterocycles. The highest BCUT2D eigenvalue weighted by atomic mass is 35.5. The first-order valence-electron chi connectivity index (χ1n) is 5.72. The molecule has 1 aromatic carbocycles. The molecule has 0 fully saturated rings. The minimum atomic E-state index is -4.01. The average molecular weight is 315 g/mol. The molecule has 0 bridgehead atoms. The number of sulfonamides is 1. The van der Waals surface area contributed by atoms with Gasteiger partial charge in [-0.3, -0.25) is 4.72 Å². The first-order valence-corrected chi connectivity index (χ1v) is 7.58. The average Bonchev–Trinajstić information content (AvgIpc) is 2.35. The van der Waals surface area contributed by atoms with Crippen molar-refractivity contribution in [1.82, 2.24) is 4.98 Å². The number of anilines is 1. The van der Waals surface area contributed by atoms with Crippen molar-refractivity contribution in [3.8, 4) is 0 Å². The molecule has 0 unspecified atom stereocenters. The molecule has 4 nitrogen and oxygen atoms in total. The van der Waals surface area contributed by atoms with Gasteiger partial charge in [0.15, 0.2) is 0 Å². The van der Waals surface area contributed by atoms with Crippen LogP contribution in [0.25, 0.3) is 0 Å². The number of halogens is 2. The van der Waals surface area contributed by atoms with Gasteiger partial charge in [-0.25, -0.2) is 17.8 Å². The zero-order chi connectivity index (χ0) is 14.9. The fourth-order valence-electron chi connectivity index (χ4n) is 1.65. The highest BCUT2D eigenvalue weighted by molar-refractivity contribution is 7.92. The first kappa shape index (κ1) is 14.7. The Kier molecular flexibility index (Phi) is 3.96. The van der Waals surface area contributed by atoms with Gasteiger partial charge in [-0.05, 0) is 43.7 Å². The predicted octanol–water partition coefficient (Wildman–Crippen LogP) is 3.29. The van der Waals surface area contributed by atoms with Crippen LogP contribution < -0.4 is 4.72 Å². The van der Waals surface area contributed by atoms with E-state index < -0.39 is 20.7 Å². The van der Waals surface area contributed by atoms with Crippen molar-refractivity contribution in [1.29, 1.82) is 0 Å². The summed E-state index contributed by atoms with van der Waals surface area (Å²) in [6.45, 7) is 3.30. The second-order valence-corrected chi connectivity index (χ2v) is 6.34. The normalized spacial score (nSPS) is 11.4. The van der Waals surface area contributed by atoms with E-state index in [1.54, 1.807) is 13.8 Å². The van der Waals surface area contributed by atoms with Gasteiger partial charge in [0, 0.05) is 0 Å². The highest BCUT2D eigenvalue weighted by Crippen LogP contribution is 2.22. The van der Waals surface area contributed by atoms with Crippen LogP contribution >= 0.6 is 11.6 Å². The Morgan fingerprint density at radius 2 is 1.90 bits per heavy atom. The Morgan fingerprint density at radius 3 is 2.55 bits per heavy atom. The summed E-state index contributed by atoms with van der Waals surface area (Å²) in [5, 5.41) is 0.257. The lowest BCUT2D eigenvalue weighted by atomic mass is 10.2. The SMILES string of the molecule is Cc1ccc(F)c(S(=O)(=O)Nc2ccc(Cl)nc2C)c1. The van der Waals surface area contributed by atoms with E-state index >= 15 is 0 Å². The summed E-state index contributed by atoms with van der Waals surface area (Å²) in [5.74, 6) is -0.803. The lowest BCUT2D eigenvalue weighted by Gasteiger charge is -2.11. The van der Waals surface area contributed by atoms with Gasteiger partial charge >= 0.3 is 0 Å². The third kappa shape index (κ3) is 3.08. The number of aryl methyl sites for hydroxylation is 2. The molecule has 20 heavy (non-hydrogen) atoms. The van der Waals surface area contributed by atoms with E-state index in [0.717, 1.165) is 6.07 Å². The van der Waals surface area contributed by atoms with Crippen molar-refractivity contribution in [3.63, 3.8) is 0 Å². The Hall–Kier alpha value is -1.66. The smallest absolute Gasteiger partial charge is 0.264 e. The van der Waals surface area contributed by atoms with E-state index in [0.29, 0.717) is 11.3 Å². The van der Waals surface area contributed by atoms with E-state index in [1.807, 2.05) is 0 Å². The summed E-state index contributed by atoms with van der Waals surface area (Å²) < 4.78 is 40.4. The molecule has 1 aromatic heterocycles. The molecule has 0 radical (unpaired) electrons. The number of aromatic nitrogens is 1. The quantitative estimate of drug-likeness (QED) is 0.884. The fourth-order valence-corrected chi connectivity index (χ4v) is 3.13. The number of nitrogens with zero attached hydrogens (tertiary/aromatic N) is 1. The Bertz CT molecular complexity index is 763. The number of pyridine rings is 1. The van der Waals surface area contributed by atoms with Gasteiger partial charge in [0.1, 0.15) is 15.9 Å². The van der Waals surface area contributed by atoms with Crippen molar-refractivity contribution in [3.05, 3.63) is 52.6 Å². The molecule has 2 aromatic rings. The fraction of sp³-hybridized carbons (Fsp3) is 0.154. The minimum absolute atomic E-state index is 0.257. The third-order valence-corrected chi connectivity index (χ3v) is 4.26. The van der Waals surface area contributed by atoms with Gasteiger partial charge in [0.05, 0.1) is 11.4 Å². The zero-order valence-electron chi connectivity index (χ0n) is 10.8. The maximum absolute atomic E-state index is 13.7. The summed E-state index contributed by atoms with van der Waals surface area (Å²) >= 11 is 5.70. The van der Waals surface area contributed by atoms with Crippen molar-refractivity contribution >= 4 is 27.3 Å². The Labute approximate surface area is 121 Å². The van der Waals surface area contributed by atoms with E-state index in [1.165, 1.54) is 24.3 Å². The minimum Gasteiger partial charge on any atom is -0.278 e. The third-order valence-electron chi connectivity index (χ3n) is 2.67. The summed E-state index contributed by atoms with van der Waals surface area (Å²) in [5.41, 5.74) is 1.32. The van der Waals surface area contributed by atoms with Crippen LogP contribution in [0.15, 0.2) is 35.2 Å². The van der Waals surface area contributed by atoms with E-state index in [4.69, 9.17) is 11.6 Å². The van der Waals surface area contributed by atoms with Crippen LogP contribution in [0, 0.1) is 19.7 Å². The number of nitrogens with one attached hydrogen (secondary N) is 1. The molecule has 0 aliphatic carbocycles. The predicted molar refractivity (Wildman–Crippen MR) is 75.9 cm³/mol. The van der Waals surface area contributed by atoms with Gasteiger partial charge in [-0.15, -0.1) is 0 Å². The van der Waals surface area contributed by atoms with Crippen molar-refractivity contribution in [2.75, 3.05) is 4.72 Å². The Morgan fingerprint density at radius 1 is 1.20 bits per heavy atom. The summed E-state index contributed by atoms with van der Waals surface area (Å²) in [7, 11) is -4.01. The maximum Gasteiger partial charge on any atom is 0.264 e. The molecule has 0 spiro atoms. The van der Waals surface area contributed by atoms with Crippen LogP contribution in [0.5, 0.6) is 0 Å². The van der Waals surface area contributed by atoms with E-state index in [9.17, 15) is 12.8 Å². The van der Waals surface area contributed by atoms with Crippen LogP contribution in [-0.4, -0.2) is 13.4 Å². The van der Waals surface area contributed by atoms with Crippen LogP contribution in [0.3, 0.4) is 0 Å². The van der Waals surface area contributed by atoms with E-state index in [-0.39, 0.29) is 10.8 Å². The van der Waals surface area contributed by atoms with Crippen molar-refractivity contribution in [2.24, 2.45) is 0 Å². The molecular weight excluding hydrogens is 303 g/mol. The molecule has 0 amide bonds. The monoisotopic (exact) mass is 314 g/mol. The van der Waals surface area contributed by atoms with Crippen LogP contribution in [0.2, 0.25) is 5.15 Å². The van der Waals surface area contributed by atoms with Gasteiger partial charge in [0.2, 0.25) is 0 Å². The number of rotatable bonds is 3.